The molecule has 2 aromatic rings. The number of rotatable bonds is 5. The molecule has 1 aliphatic rings. The largest absolute Gasteiger partial charge is 0.493 e. The molecule has 7 nitrogen and oxygen atoms in total. The van der Waals surface area contributed by atoms with Crippen LogP contribution in [0.15, 0.2) is 18.2 Å². The van der Waals surface area contributed by atoms with Gasteiger partial charge in [-0.25, -0.2) is 9.97 Å². The second-order valence-corrected chi connectivity index (χ2v) is 6.93. The van der Waals surface area contributed by atoms with Gasteiger partial charge in [0, 0.05) is 25.2 Å². The first-order valence-electron chi connectivity index (χ1n) is 9.06. The van der Waals surface area contributed by atoms with Gasteiger partial charge in [0.1, 0.15) is 17.3 Å². The average molecular weight is 370 g/mol. The summed E-state index contributed by atoms with van der Waals surface area (Å²) in [5.41, 5.74) is 2.81. The highest BCUT2D eigenvalue weighted by molar-refractivity contribution is 5.93. The van der Waals surface area contributed by atoms with Gasteiger partial charge in [-0.1, -0.05) is 0 Å². The number of ether oxygens (including phenoxy) is 2. The van der Waals surface area contributed by atoms with Crippen molar-refractivity contribution in [2.24, 2.45) is 0 Å². The van der Waals surface area contributed by atoms with Crippen molar-refractivity contribution in [2.75, 3.05) is 25.7 Å². The Morgan fingerprint density at radius 3 is 2.41 bits per heavy atom. The van der Waals surface area contributed by atoms with Crippen LogP contribution in [-0.4, -0.2) is 42.7 Å². The highest BCUT2D eigenvalue weighted by Gasteiger charge is 2.22. The molecule has 0 saturated carbocycles. The minimum Gasteiger partial charge on any atom is -0.493 e. The van der Waals surface area contributed by atoms with Crippen LogP contribution in [-0.2, 0) is 13.0 Å². The van der Waals surface area contributed by atoms with Gasteiger partial charge in [-0.15, -0.1) is 0 Å². The van der Waals surface area contributed by atoms with E-state index in [0.29, 0.717) is 23.8 Å². The summed E-state index contributed by atoms with van der Waals surface area (Å²) in [5, 5.41) is 2.88. The first-order chi connectivity index (χ1) is 12.9. The van der Waals surface area contributed by atoms with Crippen LogP contribution in [0.3, 0.4) is 0 Å². The lowest BCUT2D eigenvalue weighted by molar-refractivity contribution is 0.0937. The van der Waals surface area contributed by atoms with Crippen molar-refractivity contribution in [3.63, 3.8) is 0 Å². The van der Waals surface area contributed by atoms with Crippen molar-refractivity contribution in [2.45, 2.75) is 39.8 Å². The maximum Gasteiger partial charge on any atom is 0.270 e. The quantitative estimate of drug-likeness (QED) is 0.871. The topological polar surface area (TPSA) is 76.6 Å². The molecule has 144 valence electrons. The van der Waals surface area contributed by atoms with Crippen molar-refractivity contribution in [1.29, 1.82) is 0 Å². The number of hydrogen-bond donors (Lipinski definition) is 1. The normalized spacial score (nSPS) is 13.3. The van der Waals surface area contributed by atoms with Crippen LogP contribution in [0, 0.1) is 6.92 Å². The molecule has 1 aromatic carbocycles. The van der Waals surface area contributed by atoms with Crippen LogP contribution in [0.5, 0.6) is 11.5 Å². The molecule has 0 saturated heterocycles. The Hall–Kier alpha value is -2.83. The summed E-state index contributed by atoms with van der Waals surface area (Å²) < 4.78 is 10.8. The number of carbonyl (C=O) groups is 1. The van der Waals surface area contributed by atoms with E-state index in [1.165, 1.54) is 11.1 Å². The fourth-order valence-corrected chi connectivity index (χ4v) is 3.25. The Kier molecular flexibility index (Phi) is 5.48. The van der Waals surface area contributed by atoms with Gasteiger partial charge in [0.05, 0.1) is 14.2 Å². The Labute approximate surface area is 159 Å². The molecule has 1 aliphatic heterocycles. The van der Waals surface area contributed by atoms with Crippen LogP contribution >= 0.6 is 0 Å². The summed E-state index contributed by atoms with van der Waals surface area (Å²) in [7, 11) is 3.28. The molecule has 0 atom stereocenters. The number of amides is 1. The summed E-state index contributed by atoms with van der Waals surface area (Å²) >= 11 is 0. The zero-order valence-electron chi connectivity index (χ0n) is 16.5. The van der Waals surface area contributed by atoms with Gasteiger partial charge in [-0.2, -0.15) is 0 Å². The Morgan fingerprint density at radius 2 is 1.78 bits per heavy atom. The number of hydrogen-bond acceptors (Lipinski definition) is 6. The van der Waals surface area contributed by atoms with Gasteiger partial charge in [-0.05, 0) is 50.5 Å². The van der Waals surface area contributed by atoms with E-state index in [0.717, 1.165) is 24.5 Å². The monoisotopic (exact) mass is 370 g/mol. The molecule has 2 heterocycles. The molecule has 0 radical (unpaired) electrons. The van der Waals surface area contributed by atoms with E-state index in [1.807, 2.05) is 26.0 Å². The molecule has 3 rings (SSSR count). The molecule has 0 aliphatic carbocycles. The van der Waals surface area contributed by atoms with E-state index in [1.54, 1.807) is 27.2 Å². The summed E-state index contributed by atoms with van der Waals surface area (Å²) in [6.45, 7) is 7.16. The number of carbonyl (C=O) groups excluding carboxylic acids is 1. The predicted molar refractivity (Wildman–Crippen MR) is 104 cm³/mol. The smallest absolute Gasteiger partial charge is 0.270 e. The van der Waals surface area contributed by atoms with Crippen LogP contribution in [0.4, 0.5) is 5.82 Å². The maximum atomic E-state index is 12.3. The number of aryl methyl sites for hydroxylation is 1. The molecular weight excluding hydrogens is 344 g/mol. The highest BCUT2D eigenvalue weighted by atomic mass is 16.5. The molecule has 7 heteroatoms. The van der Waals surface area contributed by atoms with Gasteiger partial charge in [-0.3, -0.25) is 4.79 Å². The van der Waals surface area contributed by atoms with Gasteiger partial charge >= 0.3 is 0 Å². The summed E-state index contributed by atoms with van der Waals surface area (Å²) in [5.74, 6) is 2.63. The van der Waals surface area contributed by atoms with Gasteiger partial charge in [0.15, 0.2) is 11.5 Å². The molecular formula is C20H26N4O3. The Morgan fingerprint density at radius 1 is 1.11 bits per heavy atom. The number of nitrogens with zero attached hydrogens (tertiary/aromatic N) is 3. The molecule has 1 amide bonds. The zero-order chi connectivity index (χ0) is 19.6. The molecule has 1 aromatic heterocycles. The van der Waals surface area contributed by atoms with Crippen molar-refractivity contribution < 1.29 is 14.3 Å². The SMILES string of the molecule is COc1cc2c(cc1OC)CN(c1cc(C(=O)NC(C)C)nc(C)n1)CC2. The third-order valence-corrected chi connectivity index (χ3v) is 4.52. The number of aromatic nitrogens is 2. The van der Waals surface area contributed by atoms with E-state index >= 15 is 0 Å². The first-order valence-corrected chi connectivity index (χ1v) is 9.06. The zero-order valence-corrected chi connectivity index (χ0v) is 16.5. The first kappa shape index (κ1) is 18.9. The van der Waals surface area contributed by atoms with Crippen molar-refractivity contribution >= 4 is 11.7 Å². The van der Waals surface area contributed by atoms with E-state index in [4.69, 9.17) is 9.47 Å². The minimum atomic E-state index is -0.180. The van der Waals surface area contributed by atoms with Gasteiger partial charge < -0.3 is 19.7 Å². The maximum absolute atomic E-state index is 12.3. The second kappa shape index (κ2) is 7.82. The summed E-state index contributed by atoms with van der Waals surface area (Å²) in [6, 6.07) is 5.87. The second-order valence-electron chi connectivity index (χ2n) is 6.93. The Balaban J connectivity index is 1.88. The lowest BCUT2D eigenvalue weighted by Crippen LogP contribution is -2.33. The molecule has 0 unspecified atom stereocenters. The number of benzene rings is 1. The van der Waals surface area contributed by atoms with Crippen LogP contribution in [0.25, 0.3) is 0 Å². The summed E-state index contributed by atoms with van der Waals surface area (Å²) in [4.78, 5) is 23.3. The lowest BCUT2D eigenvalue weighted by atomic mass is 9.98. The number of anilines is 1. The standard InChI is InChI=1S/C20H26N4O3/c1-12(2)21-20(25)16-10-19(23-13(3)22-16)24-7-6-14-8-17(26-4)18(27-5)9-15(14)11-24/h8-10,12H,6-7,11H2,1-5H3,(H,21,25). The number of nitrogens with one attached hydrogen (secondary N) is 1. The summed E-state index contributed by atoms with van der Waals surface area (Å²) in [6.07, 6.45) is 0.867. The Bertz CT molecular complexity index is 851. The molecule has 0 bridgehead atoms. The van der Waals surface area contributed by atoms with Crippen LogP contribution in [0.1, 0.15) is 41.3 Å². The van der Waals surface area contributed by atoms with Gasteiger partial charge in [0.25, 0.3) is 5.91 Å². The molecule has 0 fully saturated rings. The van der Waals surface area contributed by atoms with E-state index in [2.05, 4.69) is 20.2 Å². The predicted octanol–water partition coefficient (Wildman–Crippen LogP) is 2.50. The van der Waals surface area contributed by atoms with Crippen molar-refractivity contribution in [1.82, 2.24) is 15.3 Å². The molecule has 1 N–H and O–H groups in total. The van der Waals surface area contributed by atoms with E-state index < -0.39 is 0 Å². The lowest BCUT2D eigenvalue weighted by Gasteiger charge is -2.30. The highest BCUT2D eigenvalue weighted by Crippen LogP contribution is 2.34. The third-order valence-electron chi connectivity index (χ3n) is 4.52. The van der Waals surface area contributed by atoms with Crippen LogP contribution in [0.2, 0.25) is 0 Å². The van der Waals surface area contributed by atoms with E-state index in [-0.39, 0.29) is 11.9 Å². The van der Waals surface area contributed by atoms with Crippen LogP contribution < -0.4 is 19.7 Å². The van der Waals surface area contributed by atoms with E-state index in [9.17, 15) is 4.79 Å². The fourth-order valence-electron chi connectivity index (χ4n) is 3.25. The fraction of sp³-hybridized carbons (Fsp3) is 0.450. The third kappa shape index (κ3) is 4.13. The number of methoxy groups -OCH3 is 2. The van der Waals surface area contributed by atoms with Crippen molar-refractivity contribution in [3.8, 4) is 11.5 Å². The molecule has 0 spiro atoms. The average Bonchev–Trinajstić information content (AvgIpc) is 2.65. The number of fused-ring (bicyclic) bond motifs is 1. The van der Waals surface area contributed by atoms with Gasteiger partial charge in [0.2, 0.25) is 0 Å². The molecule has 27 heavy (non-hydrogen) atoms. The van der Waals surface area contributed by atoms with Crippen molar-refractivity contribution in [3.05, 3.63) is 40.8 Å². The minimum absolute atomic E-state index is 0.0560.